The Balaban J connectivity index is 1.79. The summed E-state index contributed by atoms with van der Waals surface area (Å²) in [5.41, 5.74) is 2.64. The zero-order chi connectivity index (χ0) is 15.0. The van der Waals surface area contributed by atoms with E-state index in [1.807, 2.05) is 27.0 Å². The zero-order valence-corrected chi connectivity index (χ0v) is 13.2. The number of aryl methyl sites for hydroxylation is 2. The first kappa shape index (κ1) is 14.4. The van der Waals surface area contributed by atoms with E-state index in [-0.39, 0.29) is 0 Å². The Kier molecular flexibility index (Phi) is 3.87. The first-order chi connectivity index (χ1) is 10.0. The smallest absolute Gasteiger partial charge is 0.219 e. The summed E-state index contributed by atoms with van der Waals surface area (Å²) in [5.74, 6) is 1.31. The highest BCUT2D eigenvalue weighted by Crippen LogP contribution is 2.28. The van der Waals surface area contributed by atoms with E-state index in [4.69, 9.17) is 16.3 Å². The van der Waals surface area contributed by atoms with Crippen LogP contribution in [0.15, 0.2) is 12.1 Å². The molecule has 0 bridgehead atoms. The van der Waals surface area contributed by atoms with Crippen LogP contribution in [0, 0.1) is 13.8 Å². The first-order valence-electron chi connectivity index (χ1n) is 7.11. The third-order valence-corrected chi connectivity index (χ3v) is 4.02. The van der Waals surface area contributed by atoms with Gasteiger partial charge in [0.15, 0.2) is 5.75 Å². The van der Waals surface area contributed by atoms with E-state index in [0.29, 0.717) is 23.5 Å². The van der Waals surface area contributed by atoms with Gasteiger partial charge >= 0.3 is 0 Å². The molecule has 1 fully saturated rings. The Morgan fingerprint density at radius 1 is 1.38 bits per heavy atom. The molecule has 5 nitrogen and oxygen atoms in total. The lowest BCUT2D eigenvalue weighted by atomic mass is 10.3. The summed E-state index contributed by atoms with van der Waals surface area (Å²) in [6.07, 6.45) is 2.48. The molecule has 2 heterocycles. The van der Waals surface area contributed by atoms with Gasteiger partial charge in [-0.2, -0.15) is 5.10 Å². The average molecular weight is 307 g/mol. The molecule has 0 saturated heterocycles. The fraction of sp³-hybridized carbons (Fsp3) is 0.467. The van der Waals surface area contributed by atoms with Crippen LogP contribution in [0.3, 0.4) is 0 Å². The van der Waals surface area contributed by atoms with E-state index in [2.05, 4.69) is 15.4 Å². The minimum Gasteiger partial charge on any atom is -0.435 e. The van der Waals surface area contributed by atoms with Gasteiger partial charge in [0.2, 0.25) is 5.88 Å². The molecule has 112 valence electrons. The molecule has 2 aromatic heterocycles. The zero-order valence-electron chi connectivity index (χ0n) is 12.5. The van der Waals surface area contributed by atoms with Crippen molar-refractivity contribution in [2.45, 2.75) is 39.3 Å². The summed E-state index contributed by atoms with van der Waals surface area (Å²) in [4.78, 5) is 4.51. The van der Waals surface area contributed by atoms with E-state index in [0.717, 1.165) is 22.8 Å². The molecule has 0 atom stereocenters. The number of nitrogens with one attached hydrogen (secondary N) is 1. The normalized spacial score (nSPS) is 14.5. The predicted molar refractivity (Wildman–Crippen MR) is 81.9 cm³/mol. The number of hydrogen-bond acceptors (Lipinski definition) is 4. The van der Waals surface area contributed by atoms with Crippen LogP contribution in [-0.2, 0) is 13.6 Å². The maximum atomic E-state index is 6.20. The lowest BCUT2D eigenvalue weighted by Gasteiger charge is -2.09. The summed E-state index contributed by atoms with van der Waals surface area (Å²) >= 11 is 6.20. The van der Waals surface area contributed by atoms with Crippen LogP contribution in [0.5, 0.6) is 11.6 Å². The molecular weight excluding hydrogens is 288 g/mol. The third-order valence-electron chi connectivity index (χ3n) is 3.68. The molecule has 0 aliphatic heterocycles. The molecule has 1 aliphatic carbocycles. The van der Waals surface area contributed by atoms with E-state index in [1.54, 1.807) is 10.7 Å². The van der Waals surface area contributed by atoms with Crippen molar-refractivity contribution < 1.29 is 4.74 Å². The molecular formula is C15H19ClN4O. The van der Waals surface area contributed by atoms with Crippen molar-refractivity contribution in [3.63, 3.8) is 0 Å². The standard InChI is InChI=1S/C15H19ClN4O/c1-9-15(10(2)20(3)19-9)21-14-7-6-12(16)13(18-14)8-17-11-4-5-11/h6-7,11,17H,4-5,8H2,1-3H3. The summed E-state index contributed by atoms with van der Waals surface area (Å²) < 4.78 is 7.70. The third kappa shape index (κ3) is 3.19. The SMILES string of the molecule is Cc1nn(C)c(C)c1Oc1ccc(Cl)c(CNC2CC2)n1. The first-order valence-corrected chi connectivity index (χ1v) is 7.49. The van der Waals surface area contributed by atoms with Gasteiger partial charge in [-0.25, -0.2) is 4.98 Å². The van der Waals surface area contributed by atoms with E-state index >= 15 is 0 Å². The van der Waals surface area contributed by atoms with Crippen LogP contribution in [0.4, 0.5) is 0 Å². The van der Waals surface area contributed by atoms with Gasteiger partial charge in [0.05, 0.1) is 16.4 Å². The number of aromatic nitrogens is 3. The van der Waals surface area contributed by atoms with Gasteiger partial charge in [0.25, 0.3) is 0 Å². The van der Waals surface area contributed by atoms with Gasteiger partial charge in [0.1, 0.15) is 5.69 Å². The second kappa shape index (κ2) is 5.66. The van der Waals surface area contributed by atoms with Crippen molar-refractivity contribution in [2.75, 3.05) is 0 Å². The molecule has 2 aromatic rings. The monoisotopic (exact) mass is 306 g/mol. The Labute approximate surface area is 129 Å². The van der Waals surface area contributed by atoms with Crippen LogP contribution in [-0.4, -0.2) is 20.8 Å². The van der Waals surface area contributed by atoms with Gasteiger partial charge in [-0.3, -0.25) is 4.68 Å². The fourth-order valence-corrected chi connectivity index (χ4v) is 2.35. The van der Waals surface area contributed by atoms with Gasteiger partial charge in [-0.15, -0.1) is 0 Å². The highest BCUT2D eigenvalue weighted by molar-refractivity contribution is 6.31. The molecule has 6 heteroatoms. The van der Waals surface area contributed by atoms with Crippen molar-refractivity contribution in [2.24, 2.45) is 7.05 Å². The molecule has 0 aromatic carbocycles. The lowest BCUT2D eigenvalue weighted by molar-refractivity contribution is 0.452. The number of rotatable bonds is 5. The molecule has 0 unspecified atom stereocenters. The Bertz CT molecular complexity index is 664. The Hall–Kier alpha value is -1.59. The highest BCUT2D eigenvalue weighted by Gasteiger charge is 2.21. The maximum Gasteiger partial charge on any atom is 0.219 e. The van der Waals surface area contributed by atoms with Gasteiger partial charge < -0.3 is 10.1 Å². The van der Waals surface area contributed by atoms with Crippen molar-refractivity contribution in [3.8, 4) is 11.6 Å². The molecule has 0 amide bonds. The number of pyridine rings is 1. The number of halogens is 1. The number of nitrogens with zero attached hydrogens (tertiary/aromatic N) is 3. The van der Waals surface area contributed by atoms with E-state index < -0.39 is 0 Å². The summed E-state index contributed by atoms with van der Waals surface area (Å²) in [6, 6.07) is 4.24. The summed E-state index contributed by atoms with van der Waals surface area (Å²) in [6.45, 7) is 4.57. The molecule has 0 radical (unpaired) electrons. The van der Waals surface area contributed by atoms with Crippen LogP contribution >= 0.6 is 11.6 Å². The maximum absolute atomic E-state index is 6.20. The topological polar surface area (TPSA) is 52.0 Å². The van der Waals surface area contributed by atoms with Crippen molar-refractivity contribution in [1.29, 1.82) is 0 Å². The highest BCUT2D eigenvalue weighted by atomic mass is 35.5. The van der Waals surface area contributed by atoms with Crippen LogP contribution < -0.4 is 10.1 Å². The number of ether oxygens (including phenoxy) is 1. The second-order valence-electron chi connectivity index (χ2n) is 5.46. The molecule has 1 saturated carbocycles. The average Bonchev–Trinajstić information content (AvgIpc) is 3.24. The molecule has 3 rings (SSSR count). The van der Waals surface area contributed by atoms with E-state index in [1.165, 1.54) is 12.8 Å². The van der Waals surface area contributed by atoms with Gasteiger partial charge in [0, 0.05) is 25.7 Å². The number of hydrogen-bond donors (Lipinski definition) is 1. The van der Waals surface area contributed by atoms with Crippen LogP contribution in [0.1, 0.15) is 29.9 Å². The fourth-order valence-electron chi connectivity index (χ4n) is 2.18. The molecule has 1 aliphatic rings. The minimum atomic E-state index is 0.547. The Morgan fingerprint density at radius 3 is 2.76 bits per heavy atom. The van der Waals surface area contributed by atoms with Crippen molar-refractivity contribution in [1.82, 2.24) is 20.1 Å². The molecule has 1 N–H and O–H groups in total. The molecule has 0 spiro atoms. The van der Waals surface area contributed by atoms with E-state index in [9.17, 15) is 0 Å². The van der Waals surface area contributed by atoms with Gasteiger partial charge in [-0.1, -0.05) is 11.6 Å². The molecule has 21 heavy (non-hydrogen) atoms. The summed E-state index contributed by atoms with van der Waals surface area (Å²) in [7, 11) is 1.90. The van der Waals surface area contributed by atoms with Crippen LogP contribution in [0.25, 0.3) is 0 Å². The van der Waals surface area contributed by atoms with Gasteiger partial charge in [-0.05, 0) is 32.8 Å². The van der Waals surface area contributed by atoms with Crippen molar-refractivity contribution >= 4 is 11.6 Å². The quantitative estimate of drug-likeness (QED) is 0.922. The summed E-state index contributed by atoms with van der Waals surface area (Å²) in [5, 5.41) is 8.41. The Morgan fingerprint density at radius 2 is 2.14 bits per heavy atom. The van der Waals surface area contributed by atoms with Crippen LogP contribution in [0.2, 0.25) is 5.02 Å². The second-order valence-corrected chi connectivity index (χ2v) is 5.87. The predicted octanol–water partition coefficient (Wildman–Crippen LogP) is 3.13. The largest absolute Gasteiger partial charge is 0.435 e. The van der Waals surface area contributed by atoms with Crippen molar-refractivity contribution in [3.05, 3.63) is 34.2 Å². The minimum absolute atomic E-state index is 0.547. The lowest BCUT2D eigenvalue weighted by Crippen LogP contribution is -2.16.